The number of rotatable bonds is 8. The lowest BCUT2D eigenvalue weighted by Gasteiger charge is -2.46. The Balaban J connectivity index is 1.06. The first-order valence-electron chi connectivity index (χ1n) is 14.7. The molecule has 7 fully saturated rings. The van der Waals surface area contributed by atoms with Crippen molar-refractivity contribution in [3.05, 3.63) is 0 Å². The molecule has 1 saturated heterocycles. The van der Waals surface area contributed by atoms with Crippen LogP contribution >= 0.6 is 22.6 Å². The molecule has 14 unspecified atom stereocenters. The van der Waals surface area contributed by atoms with Crippen LogP contribution in [0.2, 0.25) is 0 Å². The molecule has 7 aliphatic rings. The molecular formula is C29H37IO8. The van der Waals surface area contributed by atoms with Gasteiger partial charge >= 0.3 is 23.9 Å². The Hall–Kier alpha value is -1.39. The Bertz CT molecular complexity index is 1060. The first-order valence-corrected chi connectivity index (χ1v) is 15.9. The molecule has 0 radical (unpaired) electrons. The van der Waals surface area contributed by atoms with E-state index in [0.29, 0.717) is 30.6 Å². The topological polar surface area (TPSA) is 105 Å². The molecule has 14 atom stereocenters. The Morgan fingerprint density at radius 3 is 2.55 bits per heavy atom. The third-order valence-electron chi connectivity index (χ3n) is 11.8. The average Bonchev–Trinajstić information content (AvgIpc) is 3.74. The maximum Gasteiger partial charge on any atom is 0.344 e. The zero-order valence-electron chi connectivity index (χ0n) is 22.0. The number of hydrogen-bond donors (Lipinski definition) is 0. The minimum Gasteiger partial charge on any atom is -0.459 e. The van der Waals surface area contributed by atoms with Crippen molar-refractivity contribution in [1.82, 2.24) is 0 Å². The highest BCUT2D eigenvalue weighted by Gasteiger charge is 2.72. The van der Waals surface area contributed by atoms with Crippen molar-refractivity contribution in [3.8, 4) is 0 Å². The number of carbonyl (C=O) groups is 4. The highest BCUT2D eigenvalue weighted by molar-refractivity contribution is 14.1. The lowest BCUT2D eigenvalue weighted by Crippen LogP contribution is -2.50. The van der Waals surface area contributed by atoms with E-state index in [9.17, 15) is 19.2 Å². The summed E-state index contributed by atoms with van der Waals surface area (Å²) in [5, 5.41) is 0. The molecule has 0 N–H and O–H groups in total. The zero-order valence-corrected chi connectivity index (χ0v) is 24.2. The van der Waals surface area contributed by atoms with Crippen molar-refractivity contribution in [2.24, 2.45) is 59.2 Å². The van der Waals surface area contributed by atoms with Crippen LogP contribution in [0.5, 0.6) is 0 Å². The molecule has 8 nitrogen and oxygen atoms in total. The van der Waals surface area contributed by atoms with E-state index in [0.717, 1.165) is 30.6 Å². The van der Waals surface area contributed by atoms with Gasteiger partial charge in [-0.1, -0.05) is 36.4 Å². The molecule has 0 spiro atoms. The summed E-state index contributed by atoms with van der Waals surface area (Å²) in [6, 6.07) is 0. The molecule has 7 rings (SSSR count). The van der Waals surface area contributed by atoms with Crippen molar-refractivity contribution >= 4 is 46.5 Å². The van der Waals surface area contributed by atoms with Crippen molar-refractivity contribution < 1.29 is 38.1 Å². The van der Waals surface area contributed by atoms with Crippen LogP contribution in [-0.2, 0) is 38.1 Å². The predicted octanol–water partition coefficient (Wildman–Crippen LogP) is 3.86. The third-order valence-corrected chi connectivity index (χ3v) is 13.2. The third kappa shape index (κ3) is 3.51. The minimum absolute atomic E-state index is 0.142. The van der Waals surface area contributed by atoms with E-state index in [4.69, 9.17) is 18.9 Å². The van der Waals surface area contributed by atoms with Crippen LogP contribution in [0.15, 0.2) is 0 Å². The van der Waals surface area contributed by atoms with E-state index in [1.54, 1.807) is 0 Å². The molecule has 208 valence electrons. The molecule has 0 aromatic rings. The van der Waals surface area contributed by atoms with Crippen molar-refractivity contribution in [2.45, 2.75) is 86.9 Å². The number of halogens is 1. The molecule has 6 aliphatic carbocycles. The molecule has 38 heavy (non-hydrogen) atoms. The fourth-order valence-electron chi connectivity index (χ4n) is 10.6. The number of carbonyl (C=O) groups excluding carboxylic acids is 4. The van der Waals surface area contributed by atoms with E-state index in [1.165, 1.54) is 25.7 Å². The zero-order chi connectivity index (χ0) is 26.5. The Labute approximate surface area is 236 Å². The number of fused-ring (bicyclic) bond motifs is 10. The summed E-state index contributed by atoms with van der Waals surface area (Å²) in [6.07, 6.45) is 6.94. The van der Waals surface area contributed by atoms with Crippen LogP contribution in [0.3, 0.4) is 0 Å². The van der Waals surface area contributed by atoms with Gasteiger partial charge in [0.05, 0.1) is 11.8 Å². The van der Waals surface area contributed by atoms with Gasteiger partial charge in [0.1, 0.15) is 21.7 Å². The molecule has 0 amide bonds. The maximum absolute atomic E-state index is 13.9. The maximum atomic E-state index is 13.9. The van der Waals surface area contributed by atoms with Crippen LogP contribution in [0.25, 0.3) is 0 Å². The standard InChI is InChI=1S/C29H37IO8/c1-3-18(30)26(32)35-11-19(31)36-24-16-9-15-22(27(33)37-25(15)24)23(16)28(34)38-29(4-2)10-14-8-17(29)21-13-6-5-12(7-13)20(14)21/h12-18,20-25H,3-11H2,1-2H3. The van der Waals surface area contributed by atoms with Gasteiger partial charge in [0.25, 0.3) is 0 Å². The summed E-state index contributed by atoms with van der Waals surface area (Å²) in [6.45, 7) is 3.52. The summed E-state index contributed by atoms with van der Waals surface area (Å²) < 4.78 is 22.7. The van der Waals surface area contributed by atoms with Gasteiger partial charge in [0.15, 0.2) is 6.61 Å². The van der Waals surface area contributed by atoms with Gasteiger partial charge in [0.2, 0.25) is 0 Å². The first-order chi connectivity index (χ1) is 18.3. The summed E-state index contributed by atoms with van der Waals surface area (Å²) >= 11 is 1.98. The second-order valence-corrected chi connectivity index (χ2v) is 14.6. The Morgan fingerprint density at radius 1 is 1.05 bits per heavy atom. The predicted molar refractivity (Wildman–Crippen MR) is 141 cm³/mol. The molecular weight excluding hydrogens is 603 g/mol. The van der Waals surface area contributed by atoms with Gasteiger partial charge in [0, 0.05) is 17.8 Å². The number of ether oxygens (including phenoxy) is 4. The smallest absolute Gasteiger partial charge is 0.344 e. The van der Waals surface area contributed by atoms with Crippen LogP contribution in [-0.4, -0.2) is 52.2 Å². The number of esters is 4. The molecule has 6 saturated carbocycles. The first kappa shape index (κ1) is 25.6. The van der Waals surface area contributed by atoms with E-state index in [2.05, 4.69) is 6.92 Å². The van der Waals surface area contributed by atoms with Crippen LogP contribution < -0.4 is 0 Å². The van der Waals surface area contributed by atoms with Crippen LogP contribution in [0.4, 0.5) is 0 Å². The van der Waals surface area contributed by atoms with Crippen molar-refractivity contribution in [2.75, 3.05) is 6.61 Å². The van der Waals surface area contributed by atoms with Crippen molar-refractivity contribution in [1.29, 1.82) is 0 Å². The molecule has 6 bridgehead atoms. The van der Waals surface area contributed by atoms with Crippen LogP contribution in [0, 0.1) is 59.2 Å². The molecule has 1 aliphatic heterocycles. The van der Waals surface area contributed by atoms with E-state index in [1.807, 2.05) is 29.5 Å². The van der Waals surface area contributed by atoms with E-state index < -0.39 is 48.2 Å². The van der Waals surface area contributed by atoms with E-state index in [-0.39, 0.29) is 27.7 Å². The minimum atomic E-state index is -0.708. The molecule has 9 heteroatoms. The van der Waals surface area contributed by atoms with Gasteiger partial charge in [-0.2, -0.15) is 0 Å². The van der Waals surface area contributed by atoms with Gasteiger partial charge in [-0.3, -0.25) is 14.4 Å². The fraction of sp³-hybridized carbons (Fsp3) is 0.862. The lowest BCUT2D eigenvalue weighted by molar-refractivity contribution is -0.186. The summed E-state index contributed by atoms with van der Waals surface area (Å²) in [4.78, 5) is 51.4. The Kier molecular flexibility index (Phi) is 6.10. The second-order valence-electron chi connectivity index (χ2n) is 13.1. The molecule has 1 heterocycles. The number of hydrogen-bond acceptors (Lipinski definition) is 8. The normalized spacial score (nSPS) is 49.2. The number of alkyl halides is 1. The molecule has 0 aromatic heterocycles. The monoisotopic (exact) mass is 640 g/mol. The fourth-order valence-corrected chi connectivity index (χ4v) is 10.8. The highest BCUT2D eigenvalue weighted by atomic mass is 127. The summed E-state index contributed by atoms with van der Waals surface area (Å²) in [5.41, 5.74) is -0.438. The summed E-state index contributed by atoms with van der Waals surface area (Å²) in [7, 11) is 0. The quantitative estimate of drug-likeness (QED) is 0.130. The summed E-state index contributed by atoms with van der Waals surface area (Å²) in [5.74, 6) is 0.808. The largest absolute Gasteiger partial charge is 0.459 e. The van der Waals surface area contributed by atoms with E-state index >= 15 is 0 Å². The Morgan fingerprint density at radius 2 is 1.82 bits per heavy atom. The molecule has 0 aromatic carbocycles. The van der Waals surface area contributed by atoms with Crippen molar-refractivity contribution in [3.63, 3.8) is 0 Å². The highest BCUT2D eigenvalue weighted by Crippen LogP contribution is 2.71. The van der Waals surface area contributed by atoms with Gasteiger partial charge in [-0.15, -0.1) is 0 Å². The van der Waals surface area contributed by atoms with Gasteiger partial charge in [-0.05, 0) is 81.0 Å². The van der Waals surface area contributed by atoms with Crippen LogP contribution in [0.1, 0.15) is 65.2 Å². The second kappa shape index (κ2) is 9.06. The average molecular weight is 641 g/mol. The lowest BCUT2D eigenvalue weighted by atomic mass is 9.65. The van der Waals surface area contributed by atoms with Gasteiger partial charge < -0.3 is 18.9 Å². The SMILES string of the molecule is CCC(I)C(=O)OCC(=O)OC1C2CC3C1OC(=O)C3C2C(=O)OC1(CC)CC2CC1C1C3CCC(C3)C21. The van der Waals surface area contributed by atoms with Gasteiger partial charge in [-0.25, -0.2) is 4.79 Å².